The summed E-state index contributed by atoms with van der Waals surface area (Å²) in [5.74, 6) is -0.510. The maximum absolute atomic E-state index is 13.4. The van der Waals surface area contributed by atoms with Crippen LogP contribution in [-0.4, -0.2) is 38.9 Å². The molecule has 0 bridgehead atoms. The first kappa shape index (κ1) is 31.7. The zero-order chi connectivity index (χ0) is 31.9. The van der Waals surface area contributed by atoms with E-state index in [1.807, 2.05) is 0 Å². The normalized spacial score (nSPS) is 12.0. The molecule has 44 heavy (non-hydrogen) atoms. The lowest BCUT2D eigenvalue weighted by Crippen LogP contribution is -2.40. The molecule has 10 nitrogen and oxygen atoms in total. The minimum absolute atomic E-state index is 0.119. The number of carbonyl (C=O) groups is 3. The summed E-state index contributed by atoms with van der Waals surface area (Å²) >= 11 is 0. The van der Waals surface area contributed by atoms with Crippen LogP contribution in [0.1, 0.15) is 56.6 Å². The van der Waals surface area contributed by atoms with Crippen molar-refractivity contribution in [1.29, 1.82) is 0 Å². The number of urea groups is 1. The molecule has 0 aliphatic heterocycles. The van der Waals surface area contributed by atoms with E-state index < -0.39 is 36.2 Å². The molecule has 0 aliphatic carbocycles. The number of ether oxygens (including phenoxy) is 2. The van der Waals surface area contributed by atoms with Crippen LogP contribution < -0.4 is 10.1 Å². The first-order valence-electron chi connectivity index (χ1n) is 13.7. The molecule has 1 atom stereocenters. The number of nitrogens with zero attached hydrogens (tertiary/aromatic N) is 2. The van der Waals surface area contributed by atoms with E-state index in [1.54, 1.807) is 67.6 Å². The summed E-state index contributed by atoms with van der Waals surface area (Å²) < 4.78 is 42.6. The molecule has 12 heteroatoms. The monoisotopic (exact) mass is 607 g/mol. The summed E-state index contributed by atoms with van der Waals surface area (Å²) in [7, 11) is 0. The standard InChI is InChI=1S/C32H31F2N3O7/c1-4-26(27-18-25(36-44-27)21-12-16-24(17-13-21)43-32(2,3)29(38)39)42-31(41)37(19-20-8-6-5-7-9-20)30(40)35-23-14-10-22(11-15-23)28(33)34/h5-18,26,28H,4,19H2,1-3H3,(H,35,40)(H,38,39). The molecular formula is C32H31F2N3O7. The number of halogens is 2. The number of hydrogen-bond donors (Lipinski definition) is 2. The molecule has 4 aromatic rings. The number of carbonyl (C=O) groups excluding carboxylic acids is 2. The van der Waals surface area contributed by atoms with E-state index in [4.69, 9.17) is 14.0 Å². The largest absolute Gasteiger partial charge is 0.478 e. The quantitative estimate of drug-likeness (QED) is 0.176. The number of rotatable bonds is 11. The average Bonchev–Trinajstić information content (AvgIpc) is 3.49. The molecule has 3 amide bonds. The zero-order valence-corrected chi connectivity index (χ0v) is 24.2. The van der Waals surface area contributed by atoms with Gasteiger partial charge in [0.05, 0.1) is 6.54 Å². The SMILES string of the molecule is CCC(OC(=O)N(Cc1ccccc1)C(=O)Nc1ccc(C(F)F)cc1)c1cc(-c2ccc(OC(C)(C)C(=O)O)cc2)no1. The fourth-order valence-electron chi connectivity index (χ4n) is 4.03. The molecule has 1 unspecified atom stereocenters. The van der Waals surface area contributed by atoms with E-state index in [0.717, 1.165) is 4.90 Å². The number of aromatic nitrogens is 1. The molecule has 2 N–H and O–H groups in total. The van der Waals surface area contributed by atoms with E-state index in [-0.39, 0.29) is 23.6 Å². The van der Waals surface area contributed by atoms with Gasteiger partial charge in [0.1, 0.15) is 11.4 Å². The van der Waals surface area contributed by atoms with Crippen molar-refractivity contribution in [3.63, 3.8) is 0 Å². The molecule has 1 heterocycles. The zero-order valence-electron chi connectivity index (χ0n) is 24.2. The number of aliphatic carboxylic acids is 1. The molecule has 0 fully saturated rings. The van der Waals surface area contributed by atoms with E-state index in [2.05, 4.69) is 10.5 Å². The van der Waals surface area contributed by atoms with Crippen LogP contribution in [0.25, 0.3) is 11.3 Å². The summed E-state index contributed by atoms with van der Waals surface area (Å²) in [5, 5.41) is 15.9. The number of carboxylic acids is 1. The lowest BCUT2D eigenvalue weighted by atomic mass is 10.1. The maximum atomic E-state index is 13.4. The topological polar surface area (TPSA) is 131 Å². The van der Waals surface area contributed by atoms with Crippen molar-refractivity contribution < 1.29 is 42.3 Å². The highest BCUT2D eigenvalue weighted by Crippen LogP contribution is 2.29. The van der Waals surface area contributed by atoms with Crippen molar-refractivity contribution in [3.8, 4) is 17.0 Å². The van der Waals surface area contributed by atoms with Crippen LogP contribution in [0.3, 0.4) is 0 Å². The van der Waals surface area contributed by atoms with Crippen molar-refractivity contribution in [1.82, 2.24) is 10.1 Å². The Labute approximate surface area is 252 Å². The summed E-state index contributed by atoms with van der Waals surface area (Å²) in [4.78, 5) is 38.8. The summed E-state index contributed by atoms with van der Waals surface area (Å²) in [6.45, 7) is 4.53. The Bertz CT molecular complexity index is 1570. The average molecular weight is 608 g/mol. The molecule has 0 spiro atoms. The van der Waals surface area contributed by atoms with Gasteiger partial charge in [0.2, 0.25) is 0 Å². The van der Waals surface area contributed by atoms with Crippen molar-refractivity contribution in [2.75, 3.05) is 5.32 Å². The number of anilines is 1. The van der Waals surface area contributed by atoms with Gasteiger partial charge in [0, 0.05) is 22.9 Å². The van der Waals surface area contributed by atoms with Crippen molar-refractivity contribution in [2.45, 2.75) is 51.9 Å². The molecule has 1 aromatic heterocycles. The maximum Gasteiger partial charge on any atom is 0.419 e. The predicted molar refractivity (Wildman–Crippen MR) is 156 cm³/mol. The Balaban J connectivity index is 1.49. The van der Waals surface area contributed by atoms with Gasteiger partial charge in [0.15, 0.2) is 17.5 Å². The van der Waals surface area contributed by atoms with Gasteiger partial charge in [-0.15, -0.1) is 0 Å². The third-order valence-corrected chi connectivity index (χ3v) is 6.56. The molecule has 4 rings (SSSR count). The Morgan fingerprint density at radius 2 is 1.66 bits per heavy atom. The highest BCUT2D eigenvalue weighted by Gasteiger charge is 2.30. The lowest BCUT2D eigenvalue weighted by molar-refractivity contribution is -0.152. The third kappa shape index (κ3) is 7.97. The first-order valence-corrected chi connectivity index (χ1v) is 13.7. The van der Waals surface area contributed by atoms with Crippen LogP contribution >= 0.6 is 0 Å². The number of imide groups is 1. The van der Waals surface area contributed by atoms with Crippen LogP contribution in [0, 0.1) is 0 Å². The Morgan fingerprint density at radius 3 is 2.25 bits per heavy atom. The fraction of sp³-hybridized carbons (Fsp3) is 0.250. The van der Waals surface area contributed by atoms with Gasteiger partial charge < -0.3 is 24.4 Å². The number of amides is 3. The Morgan fingerprint density at radius 1 is 1.00 bits per heavy atom. The van der Waals surface area contributed by atoms with E-state index in [1.165, 1.54) is 38.1 Å². The van der Waals surface area contributed by atoms with Gasteiger partial charge in [-0.05, 0) is 62.2 Å². The molecule has 0 saturated carbocycles. The second kappa shape index (κ2) is 13.8. The molecule has 230 valence electrons. The Hall–Kier alpha value is -5.26. The molecule has 3 aromatic carbocycles. The molecule has 0 saturated heterocycles. The molecular weight excluding hydrogens is 576 g/mol. The van der Waals surface area contributed by atoms with E-state index in [9.17, 15) is 28.3 Å². The van der Waals surface area contributed by atoms with E-state index in [0.29, 0.717) is 29.0 Å². The van der Waals surface area contributed by atoms with Gasteiger partial charge in [-0.3, -0.25) is 0 Å². The second-order valence-corrected chi connectivity index (χ2v) is 10.3. The van der Waals surface area contributed by atoms with Crippen LogP contribution in [0.5, 0.6) is 5.75 Å². The first-order chi connectivity index (χ1) is 21.0. The number of alkyl halides is 2. The third-order valence-electron chi connectivity index (χ3n) is 6.56. The number of hydrogen-bond acceptors (Lipinski definition) is 7. The number of benzene rings is 3. The van der Waals surface area contributed by atoms with E-state index >= 15 is 0 Å². The number of carboxylic acid groups (broad SMARTS) is 1. The highest BCUT2D eigenvalue weighted by molar-refractivity contribution is 5.99. The summed E-state index contributed by atoms with van der Waals surface area (Å²) in [5.41, 5.74) is 0.341. The molecule has 0 radical (unpaired) electrons. The minimum atomic E-state index is -2.66. The van der Waals surface area contributed by atoms with Crippen LogP contribution in [-0.2, 0) is 16.1 Å². The van der Waals surface area contributed by atoms with Gasteiger partial charge in [-0.1, -0.05) is 54.5 Å². The second-order valence-electron chi connectivity index (χ2n) is 10.3. The van der Waals surface area contributed by atoms with Crippen molar-refractivity contribution in [3.05, 3.63) is 102 Å². The van der Waals surface area contributed by atoms with Gasteiger partial charge >= 0.3 is 18.1 Å². The summed E-state index contributed by atoms with van der Waals surface area (Å²) in [6.07, 6.45) is -4.20. The lowest BCUT2D eigenvalue weighted by Gasteiger charge is -2.23. The van der Waals surface area contributed by atoms with Crippen molar-refractivity contribution in [2.24, 2.45) is 0 Å². The van der Waals surface area contributed by atoms with Crippen LogP contribution in [0.15, 0.2) is 89.5 Å². The Kier molecular flexibility index (Phi) is 9.94. The van der Waals surface area contributed by atoms with Crippen LogP contribution in [0.2, 0.25) is 0 Å². The van der Waals surface area contributed by atoms with Gasteiger partial charge in [-0.25, -0.2) is 28.1 Å². The van der Waals surface area contributed by atoms with Crippen LogP contribution in [0.4, 0.5) is 24.1 Å². The fourth-order valence-corrected chi connectivity index (χ4v) is 4.03. The highest BCUT2D eigenvalue weighted by atomic mass is 19.3. The predicted octanol–water partition coefficient (Wildman–Crippen LogP) is 7.84. The molecule has 0 aliphatic rings. The smallest absolute Gasteiger partial charge is 0.419 e. The minimum Gasteiger partial charge on any atom is -0.478 e. The van der Waals surface area contributed by atoms with Gasteiger partial charge in [-0.2, -0.15) is 0 Å². The van der Waals surface area contributed by atoms with Crippen molar-refractivity contribution >= 4 is 23.8 Å². The summed E-state index contributed by atoms with van der Waals surface area (Å²) in [6, 6.07) is 21.2. The number of nitrogens with one attached hydrogen (secondary N) is 1. The van der Waals surface area contributed by atoms with Gasteiger partial charge in [0.25, 0.3) is 6.43 Å².